The molecule has 0 bridgehead atoms. The summed E-state index contributed by atoms with van der Waals surface area (Å²) in [5.74, 6) is -0.183. The van der Waals surface area contributed by atoms with Crippen molar-refractivity contribution in [1.29, 1.82) is 0 Å². The van der Waals surface area contributed by atoms with E-state index >= 15 is 0 Å². The number of rotatable bonds is 3. The molecule has 5 nitrogen and oxygen atoms in total. The molecule has 0 aromatic heterocycles. The molecule has 0 unspecified atom stereocenters. The van der Waals surface area contributed by atoms with Crippen molar-refractivity contribution >= 4 is 17.3 Å². The second kappa shape index (κ2) is 8.49. The maximum Gasteiger partial charge on any atom is 0.281 e. The van der Waals surface area contributed by atoms with Crippen LogP contribution in [-0.4, -0.2) is 29.7 Å². The predicted octanol–water partition coefficient (Wildman–Crippen LogP) is 3.68. The Morgan fingerprint density at radius 2 is 1.81 bits per heavy atom. The Bertz CT molecular complexity index is 730. The Morgan fingerprint density at radius 3 is 2.54 bits per heavy atom. The molecule has 1 aromatic rings. The van der Waals surface area contributed by atoms with E-state index in [-0.39, 0.29) is 5.91 Å². The lowest BCUT2D eigenvalue weighted by molar-refractivity contribution is -0.122. The van der Waals surface area contributed by atoms with Gasteiger partial charge in [0, 0.05) is 24.4 Å². The number of nitrogens with zero attached hydrogens (tertiary/aromatic N) is 2. The summed E-state index contributed by atoms with van der Waals surface area (Å²) in [6.45, 7) is 5.96. The first-order valence-electron chi connectivity index (χ1n) is 9.74. The Hall–Kier alpha value is -2.14. The smallest absolute Gasteiger partial charge is 0.281 e. The van der Waals surface area contributed by atoms with E-state index in [9.17, 15) is 4.79 Å². The van der Waals surface area contributed by atoms with Gasteiger partial charge < -0.3 is 5.73 Å². The summed E-state index contributed by atoms with van der Waals surface area (Å²) in [6, 6.07) is 6.26. The van der Waals surface area contributed by atoms with Crippen LogP contribution in [0.25, 0.3) is 0 Å². The number of carbonyl (C=O) groups is 1. The van der Waals surface area contributed by atoms with Crippen LogP contribution in [0.3, 0.4) is 0 Å². The number of hydrogen-bond donors (Lipinski definition) is 2. The topological polar surface area (TPSA) is 70.7 Å². The summed E-state index contributed by atoms with van der Waals surface area (Å²) in [6.07, 6.45) is 7.32. The maximum absolute atomic E-state index is 12.6. The standard InChI is InChI=1S/C21H30N4O/c1-15-10-11-18(16(2)14-15)23-19-9-5-4-8-17(19)20(22)21(26)24-25-12-6-3-7-13-25/h10-11,14H,3-9,12-13,22H2,1-2H3,(H,24,26). The molecule has 1 aliphatic heterocycles. The maximum atomic E-state index is 12.6. The molecule has 1 aliphatic carbocycles. The van der Waals surface area contributed by atoms with E-state index in [0.29, 0.717) is 5.70 Å². The predicted molar refractivity (Wildman–Crippen MR) is 106 cm³/mol. The number of amides is 1. The molecule has 1 saturated heterocycles. The van der Waals surface area contributed by atoms with Gasteiger partial charge in [0.2, 0.25) is 0 Å². The molecular weight excluding hydrogens is 324 g/mol. The minimum Gasteiger partial charge on any atom is -0.394 e. The van der Waals surface area contributed by atoms with Gasteiger partial charge in [0.15, 0.2) is 0 Å². The largest absolute Gasteiger partial charge is 0.394 e. The van der Waals surface area contributed by atoms with Crippen LogP contribution in [0.15, 0.2) is 34.5 Å². The fourth-order valence-corrected chi connectivity index (χ4v) is 3.73. The van der Waals surface area contributed by atoms with Gasteiger partial charge in [0.05, 0.1) is 5.69 Å². The van der Waals surface area contributed by atoms with Gasteiger partial charge >= 0.3 is 0 Å². The SMILES string of the molecule is Cc1ccc(N=C2CCCCC2=C(N)C(=O)NN2CCCCC2)c(C)c1. The summed E-state index contributed by atoms with van der Waals surface area (Å²) >= 11 is 0. The van der Waals surface area contributed by atoms with Crippen LogP contribution in [0.4, 0.5) is 5.69 Å². The summed E-state index contributed by atoms with van der Waals surface area (Å²) in [7, 11) is 0. The molecule has 3 rings (SSSR count). The van der Waals surface area contributed by atoms with Gasteiger partial charge in [-0.05, 0) is 64.0 Å². The first kappa shape index (κ1) is 18.6. The van der Waals surface area contributed by atoms with Crippen LogP contribution in [0.5, 0.6) is 0 Å². The molecule has 0 atom stereocenters. The normalized spacial score (nSPS) is 22.3. The fraction of sp³-hybridized carbons (Fsp3) is 0.524. The van der Waals surface area contributed by atoms with Crippen molar-refractivity contribution in [2.24, 2.45) is 10.7 Å². The third-order valence-electron chi connectivity index (χ3n) is 5.23. The quantitative estimate of drug-likeness (QED) is 0.814. The Labute approximate surface area is 156 Å². The van der Waals surface area contributed by atoms with Gasteiger partial charge in [-0.15, -0.1) is 0 Å². The van der Waals surface area contributed by atoms with Crippen molar-refractivity contribution in [2.45, 2.75) is 58.8 Å². The zero-order valence-electron chi connectivity index (χ0n) is 16.0. The highest BCUT2D eigenvalue weighted by molar-refractivity contribution is 6.08. The van der Waals surface area contributed by atoms with Crippen LogP contribution in [-0.2, 0) is 4.79 Å². The summed E-state index contributed by atoms with van der Waals surface area (Å²) in [4.78, 5) is 17.5. The van der Waals surface area contributed by atoms with E-state index in [1.165, 1.54) is 12.0 Å². The van der Waals surface area contributed by atoms with Gasteiger partial charge in [0.1, 0.15) is 5.70 Å². The molecule has 2 fully saturated rings. The van der Waals surface area contributed by atoms with Crippen molar-refractivity contribution < 1.29 is 4.79 Å². The Kier molecular flexibility index (Phi) is 6.09. The molecule has 5 heteroatoms. The van der Waals surface area contributed by atoms with E-state index in [0.717, 1.165) is 74.2 Å². The number of carbonyl (C=O) groups excluding carboxylic acids is 1. The Morgan fingerprint density at radius 1 is 1.08 bits per heavy atom. The molecule has 1 amide bonds. The highest BCUT2D eigenvalue weighted by Gasteiger charge is 2.22. The van der Waals surface area contributed by atoms with Crippen molar-refractivity contribution in [1.82, 2.24) is 10.4 Å². The fourth-order valence-electron chi connectivity index (χ4n) is 3.73. The summed E-state index contributed by atoms with van der Waals surface area (Å²) in [5.41, 5.74) is 14.8. The molecule has 1 heterocycles. The lowest BCUT2D eigenvalue weighted by Crippen LogP contribution is -2.47. The van der Waals surface area contributed by atoms with Crippen LogP contribution >= 0.6 is 0 Å². The van der Waals surface area contributed by atoms with Gasteiger partial charge in [-0.1, -0.05) is 24.1 Å². The second-order valence-electron chi connectivity index (χ2n) is 7.44. The number of nitrogens with two attached hydrogens (primary N) is 1. The number of nitrogens with one attached hydrogen (secondary N) is 1. The number of piperidine rings is 1. The molecule has 2 aliphatic rings. The number of hydrogen-bond acceptors (Lipinski definition) is 4. The number of aliphatic imine (C=N–C) groups is 1. The summed E-state index contributed by atoms with van der Waals surface area (Å²) in [5, 5.41) is 1.99. The lowest BCUT2D eigenvalue weighted by Gasteiger charge is -2.27. The average molecular weight is 354 g/mol. The van der Waals surface area contributed by atoms with Crippen LogP contribution in [0, 0.1) is 13.8 Å². The van der Waals surface area contributed by atoms with Crippen molar-refractivity contribution in [3.05, 3.63) is 40.6 Å². The van der Waals surface area contributed by atoms with Crippen molar-refractivity contribution in [3.8, 4) is 0 Å². The van der Waals surface area contributed by atoms with Crippen LogP contribution < -0.4 is 11.2 Å². The molecule has 1 aromatic carbocycles. The second-order valence-corrected chi connectivity index (χ2v) is 7.44. The number of aryl methyl sites for hydroxylation is 2. The van der Waals surface area contributed by atoms with E-state index in [1.807, 2.05) is 11.1 Å². The monoisotopic (exact) mass is 354 g/mol. The Balaban J connectivity index is 1.83. The van der Waals surface area contributed by atoms with Crippen molar-refractivity contribution in [3.63, 3.8) is 0 Å². The number of benzene rings is 1. The lowest BCUT2D eigenvalue weighted by atomic mass is 9.90. The van der Waals surface area contributed by atoms with Crippen molar-refractivity contribution in [2.75, 3.05) is 13.1 Å². The molecular formula is C21H30N4O. The van der Waals surface area contributed by atoms with Gasteiger partial charge in [0.25, 0.3) is 5.91 Å². The highest BCUT2D eigenvalue weighted by Crippen LogP contribution is 2.27. The summed E-state index contributed by atoms with van der Waals surface area (Å²) < 4.78 is 0. The van der Waals surface area contributed by atoms with Crippen LogP contribution in [0.1, 0.15) is 56.1 Å². The minimum atomic E-state index is -0.183. The van der Waals surface area contributed by atoms with E-state index in [4.69, 9.17) is 10.7 Å². The van der Waals surface area contributed by atoms with E-state index < -0.39 is 0 Å². The zero-order chi connectivity index (χ0) is 18.5. The van der Waals surface area contributed by atoms with Gasteiger partial charge in [-0.25, -0.2) is 5.01 Å². The third kappa shape index (κ3) is 4.52. The van der Waals surface area contributed by atoms with E-state index in [1.54, 1.807) is 0 Å². The van der Waals surface area contributed by atoms with Crippen LogP contribution in [0.2, 0.25) is 0 Å². The molecule has 0 radical (unpaired) electrons. The average Bonchev–Trinajstić information content (AvgIpc) is 2.64. The molecule has 26 heavy (non-hydrogen) atoms. The zero-order valence-corrected chi connectivity index (χ0v) is 16.0. The number of allylic oxidation sites excluding steroid dienone is 1. The minimum absolute atomic E-state index is 0.183. The molecule has 1 saturated carbocycles. The molecule has 3 N–H and O–H groups in total. The number of hydrazine groups is 1. The van der Waals surface area contributed by atoms with Gasteiger partial charge in [-0.2, -0.15) is 0 Å². The van der Waals surface area contributed by atoms with Gasteiger partial charge in [-0.3, -0.25) is 15.2 Å². The molecule has 0 spiro atoms. The third-order valence-corrected chi connectivity index (χ3v) is 5.23. The highest BCUT2D eigenvalue weighted by atomic mass is 16.2. The van der Waals surface area contributed by atoms with E-state index in [2.05, 4.69) is 31.4 Å². The first-order chi connectivity index (χ1) is 12.5. The first-order valence-corrected chi connectivity index (χ1v) is 9.74. The molecule has 140 valence electrons.